The Morgan fingerprint density at radius 1 is 1.44 bits per heavy atom. The van der Waals surface area contributed by atoms with Crippen molar-refractivity contribution in [2.75, 3.05) is 6.54 Å². The minimum absolute atomic E-state index is 0.795. The predicted molar refractivity (Wildman–Crippen MR) is 65.6 cm³/mol. The van der Waals surface area contributed by atoms with Crippen LogP contribution in [0.5, 0.6) is 0 Å². The monoisotopic (exact) mass is 236 g/mol. The summed E-state index contributed by atoms with van der Waals surface area (Å²) >= 11 is 1.79. The molecular weight excluding hydrogens is 220 g/mol. The second kappa shape index (κ2) is 5.23. The molecule has 86 valence electrons. The molecule has 5 heteroatoms. The highest BCUT2D eigenvalue weighted by Gasteiger charge is 2.03. The third-order valence-corrected chi connectivity index (χ3v) is 3.51. The molecular formula is C11H16N4S. The fourth-order valence-corrected chi connectivity index (χ4v) is 2.55. The van der Waals surface area contributed by atoms with Crippen LogP contribution in [0, 0.1) is 13.8 Å². The molecule has 2 heterocycles. The number of aromatic amines is 1. The number of aryl methyl sites for hydroxylation is 2. The van der Waals surface area contributed by atoms with Crippen LogP contribution in [0.25, 0.3) is 0 Å². The van der Waals surface area contributed by atoms with Gasteiger partial charge in [0.15, 0.2) is 0 Å². The number of imidazole rings is 1. The summed E-state index contributed by atoms with van der Waals surface area (Å²) in [5.74, 6) is 0.984. The van der Waals surface area contributed by atoms with Crippen LogP contribution in [-0.4, -0.2) is 21.5 Å². The van der Waals surface area contributed by atoms with Gasteiger partial charge in [0.25, 0.3) is 0 Å². The fourth-order valence-electron chi connectivity index (χ4n) is 1.61. The number of hydrogen-bond acceptors (Lipinski definition) is 4. The summed E-state index contributed by atoms with van der Waals surface area (Å²) < 4.78 is 0. The molecule has 0 amide bonds. The number of thiazole rings is 1. The topological polar surface area (TPSA) is 53.6 Å². The summed E-state index contributed by atoms with van der Waals surface area (Å²) in [6, 6.07) is 0. The molecule has 0 saturated heterocycles. The lowest BCUT2D eigenvalue weighted by atomic mass is 10.3. The molecule has 2 aromatic rings. The molecule has 16 heavy (non-hydrogen) atoms. The van der Waals surface area contributed by atoms with Gasteiger partial charge in [-0.25, -0.2) is 9.97 Å². The van der Waals surface area contributed by atoms with E-state index in [1.807, 2.05) is 6.20 Å². The molecule has 0 aliphatic rings. The Hall–Kier alpha value is -1.20. The zero-order chi connectivity index (χ0) is 11.4. The lowest BCUT2D eigenvalue weighted by Gasteiger charge is -2.01. The Kier molecular flexibility index (Phi) is 3.69. The number of rotatable bonds is 5. The predicted octanol–water partition coefficient (Wildman–Crippen LogP) is 1.82. The van der Waals surface area contributed by atoms with E-state index in [2.05, 4.69) is 34.1 Å². The van der Waals surface area contributed by atoms with Crippen molar-refractivity contribution in [2.24, 2.45) is 0 Å². The number of nitrogens with zero attached hydrogens (tertiary/aromatic N) is 2. The van der Waals surface area contributed by atoms with E-state index in [9.17, 15) is 0 Å². The molecule has 0 atom stereocenters. The van der Waals surface area contributed by atoms with E-state index in [-0.39, 0.29) is 0 Å². The van der Waals surface area contributed by atoms with Gasteiger partial charge in [-0.15, -0.1) is 11.3 Å². The van der Waals surface area contributed by atoms with Gasteiger partial charge in [-0.05, 0) is 20.3 Å². The maximum atomic E-state index is 4.41. The largest absolute Gasteiger partial charge is 0.348 e. The summed E-state index contributed by atoms with van der Waals surface area (Å²) in [7, 11) is 0. The van der Waals surface area contributed by atoms with E-state index >= 15 is 0 Å². The number of hydrogen-bond donors (Lipinski definition) is 2. The molecule has 2 aromatic heterocycles. The summed E-state index contributed by atoms with van der Waals surface area (Å²) in [5, 5.41) is 4.51. The van der Waals surface area contributed by atoms with Crippen molar-refractivity contribution in [3.05, 3.63) is 33.8 Å². The first-order valence-corrected chi connectivity index (χ1v) is 6.19. The summed E-state index contributed by atoms with van der Waals surface area (Å²) in [6.45, 7) is 5.88. The fraction of sp³-hybridized carbons (Fsp3) is 0.455. The van der Waals surface area contributed by atoms with E-state index < -0.39 is 0 Å². The molecule has 0 aliphatic heterocycles. The quantitative estimate of drug-likeness (QED) is 0.779. The van der Waals surface area contributed by atoms with E-state index in [1.54, 1.807) is 17.5 Å². The van der Waals surface area contributed by atoms with Gasteiger partial charge in [0.2, 0.25) is 0 Å². The lowest BCUT2D eigenvalue weighted by molar-refractivity contribution is 0.666. The minimum Gasteiger partial charge on any atom is -0.348 e. The van der Waals surface area contributed by atoms with Crippen molar-refractivity contribution in [1.29, 1.82) is 0 Å². The van der Waals surface area contributed by atoms with Crippen molar-refractivity contribution in [3.63, 3.8) is 0 Å². The van der Waals surface area contributed by atoms with Gasteiger partial charge >= 0.3 is 0 Å². The van der Waals surface area contributed by atoms with E-state index in [1.165, 1.54) is 10.6 Å². The molecule has 0 spiro atoms. The number of nitrogens with one attached hydrogen (secondary N) is 2. The zero-order valence-electron chi connectivity index (χ0n) is 9.58. The maximum Gasteiger partial charge on any atom is 0.120 e. The Balaban J connectivity index is 1.74. The third-order valence-electron chi connectivity index (χ3n) is 2.38. The summed E-state index contributed by atoms with van der Waals surface area (Å²) in [5.41, 5.74) is 1.17. The molecule has 2 rings (SSSR count). The summed E-state index contributed by atoms with van der Waals surface area (Å²) in [6.07, 6.45) is 4.65. The molecule has 0 radical (unpaired) electrons. The van der Waals surface area contributed by atoms with Crippen LogP contribution in [0.1, 0.15) is 21.4 Å². The Bertz CT molecular complexity index is 433. The van der Waals surface area contributed by atoms with Gasteiger partial charge < -0.3 is 10.3 Å². The van der Waals surface area contributed by atoms with Gasteiger partial charge in [-0.2, -0.15) is 0 Å². The average Bonchev–Trinajstić information content (AvgIpc) is 2.84. The van der Waals surface area contributed by atoms with Crippen molar-refractivity contribution in [2.45, 2.75) is 26.8 Å². The van der Waals surface area contributed by atoms with Crippen molar-refractivity contribution >= 4 is 11.3 Å². The van der Waals surface area contributed by atoms with Crippen LogP contribution >= 0.6 is 11.3 Å². The van der Waals surface area contributed by atoms with E-state index in [0.717, 1.165) is 30.3 Å². The van der Waals surface area contributed by atoms with Gasteiger partial charge in [-0.3, -0.25) is 0 Å². The molecule has 0 saturated carbocycles. The molecule has 0 fully saturated rings. The molecule has 0 aromatic carbocycles. The molecule has 0 unspecified atom stereocenters. The molecule has 2 N–H and O–H groups in total. The standard InChI is InChI=1S/C11H16N4S/c1-8-10(16-9(2)15-8)3-4-12-7-11-13-5-6-14-11/h5-6,12H,3-4,7H2,1-2H3,(H,13,14). The second-order valence-electron chi connectivity index (χ2n) is 3.70. The summed E-state index contributed by atoms with van der Waals surface area (Å²) in [4.78, 5) is 13.0. The van der Waals surface area contributed by atoms with Crippen LogP contribution in [0.2, 0.25) is 0 Å². The highest BCUT2D eigenvalue weighted by Crippen LogP contribution is 2.16. The molecule has 0 aliphatic carbocycles. The second-order valence-corrected chi connectivity index (χ2v) is 4.99. The highest BCUT2D eigenvalue weighted by molar-refractivity contribution is 7.11. The SMILES string of the molecule is Cc1nc(C)c(CCNCc2ncc[nH]2)s1. The Morgan fingerprint density at radius 2 is 2.31 bits per heavy atom. The smallest absolute Gasteiger partial charge is 0.120 e. The first-order chi connectivity index (χ1) is 7.75. The normalized spacial score (nSPS) is 10.9. The lowest BCUT2D eigenvalue weighted by Crippen LogP contribution is -2.17. The van der Waals surface area contributed by atoms with Crippen molar-refractivity contribution in [3.8, 4) is 0 Å². The Labute approximate surface area is 99.2 Å². The highest BCUT2D eigenvalue weighted by atomic mass is 32.1. The van der Waals surface area contributed by atoms with Crippen LogP contribution in [0.15, 0.2) is 12.4 Å². The molecule has 0 bridgehead atoms. The minimum atomic E-state index is 0.795. The zero-order valence-corrected chi connectivity index (χ0v) is 10.4. The average molecular weight is 236 g/mol. The van der Waals surface area contributed by atoms with Crippen LogP contribution in [0.3, 0.4) is 0 Å². The number of H-pyrrole nitrogens is 1. The first kappa shape index (κ1) is 11.3. The molecule has 4 nitrogen and oxygen atoms in total. The van der Waals surface area contributed by atoms with Gasteiger partial charge in [0.05, 0.1) is 17.2 Å². The van der Waals surface area contributed by atoms with Gasteiger partial charge in [0.1, 0.15) is 5.82 Å². The Morgan fingerprint density at radius 3 is 2.94 bits per heavy atom. The van der Waals surface area contributed by atoms with Crippen LogP contribution in [0.4, 0.5) is 0 Å². The van der Waals surface area contributed by atoms with Crippen molar-refractivity contribution < 1.29 is 0 Å². The van der Waals surface area contributed by atoms with E-state index in [4.69, 9.17) is 0 Å². The van der Waals surface area contributed by atoms with Gasteiger partial charge in [-0.1, -0.05) is 0 Å². The van der Waals surface area contributed by atoms with Crippen molar-refractivity contribution in [1.82, 2.24) is 20.3 Å². The van der Waals surface area contributed by atoms with Gasteiger partial charge in [0, 0.05) is 23.8 Å². The van der Waals surface area contributed by atoms with Crippen LogP contribution in [-0.2, 0) is 13.0 Å². The maximum absolute atomic E-state index is 4.41. The van der Waals surface area contributed by atoms with E-state index in [0.29, 0.717) is 0 Å². The first-order valence-electron chi connectivity index (χ1n) is 5.37. The number of aromatic nitrogens is 3. The third kappa shape index (κ3) is 2.90. The van der Waals surface area contributed by atoms with Crippen LogP contribution < -0.4 is 5.32 Å².